The standard InChI is InChI=1S/C18H20N2O3S/c1-13(16-5-4-6-17(11-16)20(22)23)19(2)18(21)15-9-7-14(8-10-15)12-24-3/h4-11,13H,12H2,1-3H3/t13-/m0/s1. The first-order valence-electron chi connectivity index (χ1n) is 7.53. The molecule has 126 valence electrons. The van der Waals surface area contributed by atoms with Gasteiger partial charge in [-0.2, -0.15) is 11.8 Å². The van der Waals surface area contributed by atoms with E-state index in [0.717, 1.165) is 11.3 Å². The molecule has 6 heteroatoms. The van der Waals surface area contributed by atoms with Crippen LogP contribution in [0.4, 0.5) is 5.69 Å². The fourth-order valence-corrected chi connectivity index (χ4v) is 2.94. The van der Waals surface area contributed by atoms with Crippen LogP contribution >= 0.6 is 11.8 Å². The molecule has 2 aromatic rings. The molecule has 1 amide bonds. The van der Waals surface area contributed by atoms with Gasteiger partial charge in [0, 0.05) is 30.5 Å². The van der Waals surface area contributed by atoms with Crippen LogP contribution in [-0.4, -0.2) is 29.0 Å². The Labute approximate surface area is 145 Å². The Morgan fingerprint density at radius 1 is 1.25 bits per heavy atom. The molecule has 1 atom stereocenters. The monoisotopic (exact) mass is 344 g/mol. The molecule has 5 nitrogen and oxygen atoms in total. The molecule has 0 fully saturated rings. The topological polar surface area (TPSA) is 63.5 Å². The summed E-state index contributed by atoms with van der Waals surface area (Å²) in [7, 11) is 1.71. The summed E-state index contributed by atoms with van der Waals surface area (Å²) in [4.78, 5) is 24.7. The van der Waals surface area contributed by atoms with E-state index in [2.05, 4.69) is 0 Å². The van der Waals surface area contributed by atoms with E-state index < -0.39 is 4.92 Å². The molecule has 0 saturated heterocycles. The van der Waals surface area contributed by atoms with E-state index in [1.807, 2.05) is 37.4 Å². The number of hydrogen-bond acceptors (Lipinski definition) is 4. The number of nitro benzene ring substituents is 1. The van der Waals surface area contributed by atoms with Crippen molar-refractivity contribution in [1.29, 1.82) is 0 Å². The van der Waals surface area contributed by atoms with E-state index in [9.17, 15) is 14.9 Å². The molecular weight excluding hydrogens is 324 g/mol. The van der Waals surface area contributed by atoms with Gasteiger partial charge >= 0.3 is 0 Å². The molecule has 0 bridgehead atoms. The fraction of sp³-hybridized carbons (Fsp3) is 0.278. The van der Waals surface area contributed by atoms with Gasteiger partial charge in [-0.15, -0.1) is 0 Å². The highest BCUT2D eigenvalue weighted by Gasteiger charge is 2.20. The molecular formula is C18H20N2O3S. The van der Waals surface area contributed by atoms with Crippen LogP contribution in [0.25, 0.3) is 0 Å². The number of non-ortho nitro benzene ring substituents is 1. The van der Waals surface area contributed by atoms with Crippen molar-refractivity contribution in [2.24, 2.45) is 0 Å². The number of nitro groups is 1. The number of benzene rings is 2. The summed E-state index contributed by atoms with van der Waals surface area (Å²) < 4.78 is 0. The van der Waals surface area contributed by atoms with Crippen LogP contribution in [0.5, 0.6) is 0 Å². The predicted molar refractivity (Wildman–Crippen MR) is 97.3 cm³/mol. The number of nitrogens with zero attached hydrogens (tertiary/aromatic N) is 2. The Balaban J connectivity index is 2.17. The summed E-state index contributed by atoms with van der Waals surface area (Å²) in [5, 5.41) is 10.9. The SMILES string of the molecule is CSCc1ccc(C(=O)N(C)[C@@H](C)c2cccc([N+](=O)[O-])c2)cc1. The zero-order valence-electron chi connectivity index (χ0n) is 13.9. The lowest BCUT2D eigenvalue weighted by Gasteiger charge is -2.25. The molecule has 0 N–H and O–H groups in total. The molecule has 0 saturated carbocycles. The molecule has 0 radical (unpaired) electrons. The minimum atomic E-state index is -0.428. The van der Waals surface area contributed by atoms with Gasteiger partial charge in [0.25, 0.3) is 11.6 Å². The van der Waals surface area contributed by atoms with Gasteiger partial charge in [-0.25, -0.2) is 0 Å². The molecule has 24 heavy (non-hydrogen) atoms. The normalized spacial score (nSPS) is 11.8. The number of amides is 1. The molecule has 0 heterocycles. The second-order valence-corrected chi connectivity index (χ2v) is 6.44. The highest BCUT2D eigenvalue weighted by atomic mass is 32.2. The van der Waals surface area contributed by atoms with Crippen molar-refractivity contribution >= 4 is 23.4 Å². The molecule has 0 aliphatic rings. The number of carbonyl (C=O) groups excluding carboxylic acids is 1. The summed E-state index contributed by atoms with van der Waals surface area (Å²) >= 11 is 1.73. The summed E-state index contributed by atoms with van der Waals surface area (Å²) in [5.41, 5.74) is 2.55. The highest BCUT2D eigenvalue weighted by molar-refractivity contribution is 7.97. The van der Waals surface area contributed by atoms with Crippen molar-refractivity contribution in [1.82, 2.24) is 4.90 Å². The Morgan fingerprint density at radius 3 is 2.50 bits per heavy atom. The van der Waals surface area contributed by atoms with Crippen LogP contribution in [0.3, 0.4) is 0 Å². The third-order valence-electron chi connectivity index (χ3n) is 3.98. The van der Waals surface area contributed by atoms with E-state index >= 15 is 0 Å². The lowest BCUT2D eigenvalue weighted by Crippen LogP contribution is -2.29. The smallest absolute Gasteiger partial charge is 0.269 e. The van der Waals surface area contributed by atoms with Crippen molar-refractivity contribution < 1.29 is 9.72 Å². The van der Waals surface area contributed by atoms with Crippen LogP contribution in [-0.2, 0) is 5.75 Å². The third-order valence-corrected chi connectivity index (χ3v) is 4.60. The first-order chi connectivity index (χ1) is 11.4. The lowest BCUT2D eigenvalue weighted by atomic mass is 10.0. The maximum Gasteiger partial charge on any atom is 0.269 e. The van der Waals surface area contributed by atoms with Gasteiger partial charge in [0.1, 0.15) is 0 Å². The molecule has 0 aliphatic heterocycles. The van der Waals surface area contributed by atoms with Crippen molar-refractivity contribution in [3.8, 4) is 0 Å². The van der Waals surface area contributed by atoms with E-state index in [0.29, 0.717) is 5.56 Å². The maximum absolute atomic E-state index is 12.6. The van der Waals surface area contributed by atoms with E-state index in [1.165, 1.54) is 17.7 Å². The van der Waals surface area contributed by atoms with Crippen molar-refractivity contribution in [2.45, 2.75) is 18.7 Å². The number of rotatable bonds is 6. The third kappa shape index (κ3) is 4.14. The van der Waals surface area contributed by atoms with Crippen molar-refractivity contribution in [2.75, 3.05) is 13.3 Å². The second kappa shape index (κ2) is 7.97. The molecule has 0 unspecified atom stereocenters. The summed E-state index contributed by atoms with van der Waals surface area (Å²) in [6, 6.07) is 13.7. The Bertz CT molecular complexity index is 731. The Morgan fingerprint density at radius 2 is 1.92 bits per heavy atom. The zero-order chi connectivity index (χ0) is 17.7. The van der Waals surface area contributed by atoms with Gasteiger partial charge in [0.15, 0.2) is 0 Å². The van der Waals surface area contributed by atoms with E-state index in [1.54, 1.807) is 35.8 Å². The number of thioether (sulfide) groups is 1. The van der Waals surface area contributed by atoms with E-state index in [-0.39, 0.29) is 17.6 Å². The molecule has 0 aliphatic carbocycles. The molecule has 2 aromatic carbocycles. The minimum absolute atomic E-state index is 0.0293. The van der Waals surface area contributed by atoms with Gasteiger partial charge in [-0.1, -0.05) is 24.3 Å². The maximum atomic E-state index is 12.6. The first kappa shape index (κ1) is 18.0. The first-order valence-corrected chi connectivity index (χ1v) is 8.92. The number of hydrogen-bond donors (Lipinski definition) is 0. The fourth-order valence-electron chi connectivity index (χ4n) is 2.41. The average Bonchev–Trinajstić information content (AvgIpc) is 2.61. The van der Waals surface area contributed by atoms with Gasteiger partial charge in [0.2, 0.25) is 0 Å². The van der Waals surface area contributed by atoms with Gasteiger partial charge in [-0.05, 0) is 36.4 Å². The van der Waals surface area contributed by atoms with Gasteiger partial charge in [0.05, 0.1) is 11.0 Å². The van der Waals surface area contributed by atoms with Crippen LogP contribution in [0.1, 0.15) is 34.5 Å². The van der Waals surface area contributed by atoms with Gasteiger partial charge < -0.3 is 4.90 Å². The largest absolute Gasteiger partial charge is 0.335 e. The average molecular weight is 344 g/mol. The predicted octanol–water partition coefficient (Wildman–Crippen LogP) is 4.29. The molecule has 0 spiro atoms. The highest BCUT2D eigenvalue weighted by Crippen LogP contribution is 2.24. The van der Waals surface area contributed by atoms with Crippen LogP contribution < -0.4 is 0 Å². The van der Waals surface area contributed by atoms with Crippen LogP contribution in [0, 0.1) is 10.1 Å². The van der Waals surface area contributed by atoms with Crippen LogP contribution in [0.2, 0.25) is 0 Å². The molecule has 2 rings (SSSR count). The summed E-state index contributed by atoms with van der Waals surface area (Å²) in [6.07, 6.45) is 2.04. The molecule has 0 aromatic heterocycles. The summed E-state index contributed by atoms with van der Waals surface area (Å²) in [5.74, 6) is 0.804. The second-order valence-electron chi connectivity index (χ2n) is 5.57. The zero-order valence-corrected chi connectivity index (χ0v) is 14.7. The Kier molecular flexibility index (Phi) is 5.98. The van der Waals surface area contributed by atoms with E-state index in [4.69, 9.17) is 0 Å². The van der Waals surface area contributed by atoms with Crippen LogP contribution in [0.15, 0.2) is 48.5 Å². The quantitative estimate of drug-likeness (QED) is 0.579. The minimum Gasteiger partial charge on any atom is -0.335 e. The lowest BCUT2D eigenvalue weighted by molar-refractivity contribution is -0.384. The number of carbonyl (C=O) groups is 1. The van der Waals surface area contributed by atoms with Crippen molar-refractivity contribution in [3.05, 3.63) is 75.3 Å². The summed E-state index contributed by atoms with van der Waals surface area (Å²) in [6.45, 7) is 1.86. The van der Waals surface area contributed by atoms with Gasteiger partial charge in [-0.3, -0.25) is 14.9 Å². The Hall–Kier alpha value is -2.34. The van der Waals surface area contributed by atoms with Crippen molar-refractivity contribution in [3.63, 3.8) is 0 Å².